The van der Waals surface area contributed by atoms with Crippen molar-refractivity contribution in [3.63, 3.8) is 0 Å². The summed E-state index contributed by atoms with van der Waals surface area (Å²) in [6.45, 7) is 0.556. The SMILES string of the molecule is NC(=S)C1CCN(C(=O)c2cc(F)c(F)c(O)c2F)CC1. The number of thiocarbonyl (C=S) groups is 1. The highest BCUT2D eigenvalue weighted by Gasteiger charge is 2.29. The summed E-state index contributed by atoms with van der Waals surface area (Å²) in [5, 5.41) is 9.14. The van der Waals surface area contributed by atoms with Crippen LogP contribution in [0.2, 0.25) is 0 Å². The first-order valence-corrected chi connectivity index (χ1v) is 6.68. The van der Waals surface area contributed by atoms with Crippen molar-refractivity contribution in [3.05, 3.63) is 29.1 Å². The molecule has 0 bridgehead atoms. The fourth-order valence-corrected chi connectivity index (χ4v) is 2.52. The number of carbonyl (C=O) groups is 1. The monoisotopic (exact) mass is 318 g/mol. The van der Waals surface area contributed by atoms with E-state index in [1.807, 2.05) is 0 Å². The molecule has 1 aliphatic heterocycles. The zero-order valence-corrected chi connectivity index (χ0v) is 11.7. The predicted octanol–water partition coefficient (Wildman–Crippen LogP) is 1.95. The molecule has 1 saturated heterocycles. The lowest BCUT2D eigenvalue weighted by Gasteiger charge is -2.31. The van der Waals surface area contributed by atoms with Gasteiger partial charge >= 0.3 is 0 Å². The van der Waals surface area contributed by atoms with E-state index in [1.165, 1.54) is 4.90 Å². The van der Waals surface area contributed by atoms with Crippen molar-refractivity contribution >= 4 is 23.1 Å². The van der Waals surface area contributed by atoms with Crippen molar-refractivity contribution in [1.29, 1.82) is 0 Å². The largest absolute Gasteiger partial charge is 0.503 e. The Morgan fingerprint density at radius 1 is 1.29 bits per heavy atom. The van der Waals surface area contributed by atoms with Gasteiger partial charge in [-0.15, -0.1) is 0 Å². The number of rotatable bonds is 2. The van der Waals surface area contributed by atoms with Gasteiger partial charge in [-0.2, -0.15) is 4.39 Å². The molecule has 0 spiro atoms. The number of amides is 1. The summed E-state index contributed by atoms with van der Waals surface area (Å²) >= 11 is 4.87. The van der Waals surface area contributed by atoms with E-state index in [4.69, 9.17) is 23.1 Å². The van der Waals surface area contributed by atoms with Crippen LogP contribution in [0.5, 0.6) is 5.75 Å². The van der Waals surface area contributed by atoms with Crippen LogP contribution in [0.3, 0.4) is 0 Å². The van der Waals surface area contributed by atoms with E-state index in [-0.39, 0.29) is 19.0 Å². The van der Waals surface area contributed by atoms with Crippen LogP contribution in [0.15, 0.2) is 6.07 Å². The van der Waals surface area contributed by atoms with Crippen LogP contribution in [-0.4, -0.2) is 34.0 Å². The number of hydrogen-bond donors (Lipinski definition) is 2. The molecule has 4 nitrogen and oxygen atoms in total. The highest BCUT2D eigenvalue weighted by molar-refractivity contribution is 7.80. The van der Waals surface area contributed by atoms with E-state index in [1.54, 1.807) is 0 Å². The van der Waals surface area contributed by atoms with Gasteiger partial charge in [-0.1, -0.05) is 12.2 Å². The van der Waals surface area contributed by atoms with Crippen LogP contribution in [0.1, 0.15) is 23.2 Å². The lowest BCUT2D eigenvalue weighted by Crippen LogP contribution is -2.41. The minimum Gasteiger partial charge on any atom is -0.503 e. The van der Waals surface area contributed by atoms with Gasteiger partial charge in [0.15, 0.2) is 17.4 Å². The molecule has 1 heterocycles. The van der Waals surface area contributed by atoms with Crippen molar-refractivity contribution in [1.82, 2.24) is 4.90 Å². The number of halogens is 3. The lowest BCUT2D eigenvalue weighted by atomic mass is 9.96. The number of likely N-dealkylation sites (tertiary alicyclic amines) is 1. The van der Waals surface area contributed by atoms with Gasteiger partial charge in [0.2, 0.25) is 5.82 Å². The first-order valence-electron chi connectivity index (χ1n) is 6.28. The molecular weight excluding hydrogens is 305 g/mol. The maximum Gasteiger partial charge on any atom is 0.257 e. The Balaban J connectivity index is 2.20. The standard InChI is InChI=1S/C13H13F3N2O2S/c14-8-5-7(9(15)11(19)10(8)16)13(20)18-3-1-6(2-4-18)12(17)21/h5-6,19H,1-4H2,(H2,17,21). The van der Waals surface area contributed by atoms with Gasteiger partial charge < -0.3 is 15.7 Å². The summed E-state index contributed by atoms with van der Waals surface area (Å²) in [6, 6.07) is 0.451. The van der Waals surface area contributed by atoms with Crippen LogP contribution in [0.4, 0.5) is 13.2 Å². The zero-order chi connectivity index (χ0) is 15.7. The van der Waals surface area contributed by atoms with Gasteiger partial charge in [-0.3, -0.25) is 4.79 Å². The number of phenolic OH excluding ortho intramolecular Hbond substituents is 1. The van der Waals surface area contributed by atoms with E-state index < -0.39 is 34.7 Å². The third-order valence-corrected chi connectivity index (χ3v) is 3.88. The summed E-state index contributed by atoms with van der Waals surface area (Å²) in [7, 11) is 0. The zero-order valence-electron chi connectivity index (χ0n) is 10.9. The minimum atomic E-state index is -1.71. The number of carbonyl (C=O) groups excluding carboxylic acids is 1. The molecule has 0 saturated carbocycles. The minimum absolute atomic E-state index is 0.00672. The maximum absolute atomic E-state index is 13.7. The summed E-state index contributed by atoms with van der Waals surface area (Å²) in [5.74, 6) is -6.94. The number of hydrogen-bond acceptors (Lipinski definition) is 3. The van der Waals surface area contributed by atoms with Gasteiger partial charge in [0.1, 0.15) is 0 Å². The molecule has 2 rings (SSSR count). The second kappa shape index (κ2) is 5.88. The molecule has 0 atom stereocenters. The number of piperidine rings is 1. The van der Waals surface area contributed by atoms with E-state index in [0.29, 0.717) is 23.9 Å². The highest BCUT2D eigenvalue weighted by atomic mass is 32.1. The molecule has 1 aromatic carbocycles. The summed E-state index contributed by atoms with van der Waals surface area (Å²) in [6.07, 6.45) is 1.05. The van der Waals surface area contributed by atoms with Gasteiger partial charge in [0, 0.05) is 19.0 Å². The van der Waals surface area contributed by atoms with E-state index in [2.05, 4.69) is 0 Å². The second-order valence-corrected chi connectivity index (χ2v) is 5.32. The Hall–Kier alpha value is -1.83. The molecule has 0 aliphatic carbocycles. The van der Waals surface area contributed by atoms with Crippen LogP contribution in [-0.2, 0) is 0 Å². The van der Waals surface area contributed by atoms with E-state index >= 15 is 0 Å². The normalized spacial score (nSPS) is 16.0. The molecule has 0 unspecified atom stereocenters. The van der Waals surface area contributed by atoms with Crippen LogP contribution in [0.25, 0.3) is 0 Å². The number of aromatic hydroxyl groups is 1. The fraction of sp³-hybridized carbons (Fsp3) is 0.385. The first kappa shape index (κ1) is 15.6. The van der Waals surface area contributed by atoms with E-state index in [9.17, 15) is 18.0 Å². The molecule has 1 amide bonds. The van der Waals surface area contributed by atoms with Crippen molar-refractivity contribution < 1.29 is 23.1 Å². The van der Waals surface area contributed by atoms with Crippen molar-refractivity contribution in [2.75, 3.05) is 13.1 Å². The molecule has 0 radical (unpaired) electrons. The Labute approximate surface area is 124 Å². The smallest absolute Gasteiger partial charge is 0.257 e. The van der Waals surface area contributed by atoms with Crippen molar-refractivity contribution in [2.24, 2.45) is 11.7 Å². The van der Waals surface area contributed by atoms with Crippen LogP contribution in [0, 0.1) is 23.4 Å². The molecule has 114 valence electrons. The van der Waals surface area contributed by atoms with Crippen molar-refractivity contribution in [3.8, 4) is 5.75 Å². The van der Waals surface area contributed by atoms with Crippen LogP contribution >= 0.6 is 12.2 Å². The average Bonchev–Trinajstić information content (AvgIpc) is 2.48. The molecule has 0 aromatic heterocycles. The third-order valence-electron chi connectivity index (χ3n) is 3.55. The molecule has 1 aromatic rings. The number of benzene rings is 1. The van der Waals surface area contributed by atoms with E-state index in [0.717, 1.165) is 0 Å². The van der Waals surface area contributed by atoms with Gasteiger partial charge in [0.05, 0.1) is 10.6 Å². The maximum atomic E-state index is 13.7. The molecule has 21 heavy (non-hydrogen) atoms. The quantitative estimate of drug-likeness (QED) is 0.646. The predicted molar refractivity (Wildman–Crippen MR) is 73.4 cm³/mol. The Morgan fingerprint density at radius 3 is 2.38 bits per heavy atom. The van der Waals surface area contributed by atoms with Crippen molar-refractivity contribution in [2.45, 2.75) is 12.8 Å². The first-order chi connectivity index (χ1) is 9.82. The molecular formula is C13H13F3N2O2S. The molecule has 8 heteroatoms. The molecule has 1 fully saturated rings. The van der Waals surface area contributed by atoms with Gasteiger partial charge in [0.25, 0.3) is 5.91 Å². The second-order valence-electron chi connectivity index (χ2n) is 4.85. The topological polar surface area (TPSA) is 66.6 Å². The molecule has 1 aliphatic rings. The fourth-order valence-electron chi connectivity index (χ4n) is 2.28. The number of phenols is 1. The average molecular weight is 318 g/mol. The van der Waals surface area contributed by atoms with Gasteiger partial charge in [-0.25, -0.2) is 8.78 Å². The summed E-state index contributed by atoms with van der Waals surface area (Å²) in [5.41, 5.74) is 4.83. The highest BCUT2D eigenvalue weighted by Crippen LogP contribution is 2.28. The summed E-state index contributed by atoms with van der Waals surface area (Å²) in [4.78, 5) is 13.8. The molecule has 3 N–H and O–H groups in total. The third kappa shape index (κ3) is 2.94. The Morgan fingerprint density at radius 2 is 1.86 bits per heavy atom. The van der Waals surface area contributed by atoms with Crippen LogP contribution < -0.4 is 5.73 Å². The Kier molecular flexibility index (Phi) is 4.36. The van der Waals surface area contributed by atoms with Gasteiger partial charge in [-0.05, 0) is 18.9 Å². The number of nitrogens with two attached hydrogens (primary N) is 1. The Bertz CT molecular complexity index is 602. The summed E-state index contributed by atoms with van der Waals surface area (Å²) < 4.78 is 39.9. The number of nitrogens with zero attached hydrogens (tertiary/aromatic N) is 1. The lowest BCUT2D eigenvalue weighted by molar-refractivity contribution is 0.0703.